The number of carboxylic acid groups (broad SMARTS) is 1. The fourth-order valence-corrected chi connectivity index (χ4v) is 1.56. The number of aliphatic carboxylic acids is 1. The molecule has 0 saturated carbocycles. The fraction of sp³-hybridized carbons (Fsp3) is 0.727. The van der Waals surface area contributed by atoms with Crippen molar-refractivity contribution in [2.75, 3.05) is 32.8 Å². The third-order valence-electron chi connectivity index (χ3n) is 2.71. The Morgan fingerprint density at radius 1 is 1.32 bits per heavy atom. The van der Waals surface area contributed by atoms with Crippen molar-refractivity contribution in [3.8, 4) is 0 Å². The van der Waals surface area contributed by atoms with Crippen LogP contribution in [-0.4, -0.2) is 66.8 Å². The molecule has 0 spiro atoms. The van der Waals surface area contributed by atoms with E-state index in [2.05, 4.69) is 10.6 Å². The smallest absolute Gasteiger partial charge is 0.325 e. The quantitative estimate of drug-likeness (QED) is 0.596. The molecule has 1 heterocycles. The maximum Gasteiger partial charge on any atom is 0.325 e. The molecular weight excluding hydrogens is 254 g/mol. The normalized spacial score (nSPS) is 16.6. The van der Waals surface area contributed by atoms with E-state index in [0.717, 1.165) is 0 Å². The highest BCUT2D eigenvalue weighted by molar-refractivity contribution is 5.82. The van der Waals surface area contributed by atoms with Gasteiger partial charge in [-0.25, -0.2) is 4.79 Å². The first-order chi connectivity index (χ1) is 9.00. The minimum Gasteiger partial charge on any atom is -0.480 e. The van der Waals surface area contributed by atoms with E-state index in [0.29, 0.717) is 26.3 Å². The summed E-state index contributed by atoms with van der Waals surface area (Å²) < 4.78 is 5.13. The molecule has 1 rings (SSSR count). The second-order valence-electron chi connectivity index (χ2n) is 4.20. The molecule has 0 aromatic rings. The van der Waals surface area contributed by atoms with Gasteiger partial charge in [-0.15, -0.1) is 0 Å². The Morgan fingerprint density at radius 2 is 1.95 bits per heavy atom. The van der Waals surface area contributed by atoms with Gasteiger partial charge in [0.15, 0.2) is 0 Å². The largest absolute Gasteiger partial charge is 0.480 e. The first-order valence-corrected chi connectivity index (χ1v) is 6.13. The zero-order valence-corrected chi connectivity index (χ0v) is 10.8. The highest BCUT2D eigenvalue weighted by atomic mass is 16.5. The van der Waals surface area contributed by atoms with E-state index in [1.807, 2.05) is 0 Å². The summed E-state index contributed by atoms with van der Waals surface area (Å²) in [5, 5.41) is 13.3. The monoisotopic (exact) mass is 273 g/mol. The molecule has 0 bridgehead atoms. The van der Waals surface area contributed by atoms with Crippen molar-refractivity contribution in [1.29, 1.82) is 0 Å². The van der Waals surface area contributed by atoms with Crippen LogP contribution in [0.15, 0.2) is 0 Å². The Hall–Kier alpha value is -1.83. The second-order valence-corrected chi connectivity index (χ2v) is 4.20. The number of amides is 3. The zero-order valence-electron chi connectivity index (χ0n) is 10.8. The lowest BCUT2D eigenvalue weighted by Gasteiger charge is -2.26. The summed E-state index contributed by atoms with van der Waals surface area (Å²) in [6, 6.07) is -1.56. The summed E-state index contributed by atoms with van der Waals surface area (Å²) in [5.74, 6) is -1.16. The van der Waals surface area contributed by atoms with Crippen LogP contribution in [0.3, 0.4) is 0 Å². The van der Waals surface area contributed by atoms with Crippen LogP contribution in [-0.2, 0) is 14.3 Å². The Kier molecular flexibility index (Phi) is 6.07. The number of urea groups is 1. The van der Waals surface area contributed by atoms with Crippen LogP contribution in [0.2, 0.25) is 0 Å². The number of carbonyl (C=O) groups excluding carboxylic acids is 2. The van der Waals surface area contributed by atoms with E-state index in [-0.39, 0.29) is 18.9 Å². The number of ether oxygens (including phenoxy) is 1. The van der Waals surface area contributed by atoms with E-state index in [4.69, 9.17) is 9.84 Å². The topological polar surface area (TPSA) is 108 Å². The van der Waals surface area contributed by atoms with Crippen molar-refractivity contribution in [3.63, 3.8) is 0 Å². The molecule has 0 unspecified atom stereocenters. The van der Waals surface area contributed by atoms with Crippen molar-refractivity contribution in [2.24, 2.45) is 0 Å². The number of nitrogens with zero attached hydrogens (tertiary/aromatic N) is 1. The van der Waals surface area contributed by atoms with Gasteiger partial charge in [0.2, 0.25) is 5.91 Å². The Bertz CT molecular complexity index is 341. The highest BCUT2D eigenvalue weighted by Gasteiger charge is 2.17. The van der Waals surface area contributed by atoms with Crippen LogP contribution in [0.5, 0.6) is 0 Å². The van der Waals surface area contributed by atoms with Gasteiger partial charge < -0.3 is 25.4 Å². The zero-order chi connectivity index (χ0) is 14.3. The molecule has 1 aliphatic heterocycles. The van der Waals surface area contributed by atoms with Crippen LogP contribution in [0.1, 0.15) is 13.3 Å². The summed E-state index contributed by atoms with van der Waals surface area (Å²) in [6.07, 6.45) is 0.189. The molecule has 0 aromatic heterocycles. The van der Waals surface area contributed by atoms with E-state index in [9.17, 15) is 14.4 Å². The van der Waals surface area contributed by atoms with Crippen molar-refractivity contribution < 1.29 is 24.2 Å². The van der Waals surface area contributed by atoms with Gasteiger partial charge in [-0.3, -0.25) is 9.59 Å². The molecule has 1 atom stereocenters. The Morgan fingerprint density at radius 3 is 2.53 bits per heavy atom. The molecule has 0 radical (unpaired) electrons. The summed E-state index contributed by atoms with van der Waals surface area (Å²) in [6.45, 7) is 3.75. The van der Waals surface area contributed by atoms with Gasteiger partial charge in [0.1, 0.15) is 6.04 Å². The molecular formula is C11H19N3O5. The van der Waals surface area contributed by atoms with Crippen LogP contribution in [0, 0.1) is 0 Å². The number of hydrogen-bond donors (Lipinski definition) is 3. The predicted molar refractivity (Wildman–Crippen MR) is 65.6 cm³/mol. The van der Waals surface area contributed by atoms with Gasteiger partial charge in [0, 0.05) is 26.1 Å². The van der Waals surface area contributed by atoms with Gasteiger partial charge in [0.25, 0.3) is 0 Å². The van der Waals surface area contributed by atoms with Crippen LogP contribution < -0.4 is 10.6 Å². The minimum absolute atomic E-state index is 0.0464. The number of nitrogens with one attached hydrogen (secondary N) is 2. The molecule has 0 aromatic carbocycles. The second kappa shape index (κ2) is 7.57. The fourth-order valence-electron chi connectivity index (χ4n) is 1.56. The SMILES string of the molecule is C[C@@H](NC(=O)NCCC(=O)N1CCOCC1)C(=O)O. The third kappa shape index (κ3) is 5.56. The summed E-state index contributed by atoms with van der Waals surface area (Å²) in [4.78, 5) is 35.2. The van der Waals surface area contributed by atoms with Crippen molar-refractivity contribution >= 4 is 17.9 Å². The lowest BCUT2D eigenvalue weighted by Crippen LogP contribution is -2.46. The van der Waals surface area contributed by atoms with Crippen LogP contribution >= 0.6 is 0 Å². The first kappa shape index (κ1) is 15.2. The average Bonchev–Trinajstić information content (AvgIpc) is 2.39. The number of morpholine rings is 1. The predicted octanol–water partition coefficient (Wildman–Crippen LogP) is -0.992. The average molecular weight is 273 g/mol. The van der Waals surface area contributed by atoms with E-state index in [1.165, 1.54) is 6.92 Å². The lowest BCUT2D eigenvalue weighted by molar-refractivity contribution is -0.138. The maximum atomic E-state index is 11.7. The van der Waals surface area contributed by atoms with E-state index >= 15 is 0 Å². The van der Waals surface area contributed by atoms with Gasteiger partial charge in [0.05, 0.1) is 13.2 Å². The molecule has 1 fully saturated rings. The first-order valence-electron chi connectivity index (χ1n) is 6.13. The minimum atomic E-state index is -1.11. The Labute approximate surface area is 111 Å². The van der Waals surface area contributed by atoms with E-state index in [1.54, 1.807) is 4.90 Å². The molecule has 0 aliphatic carbocycles. The maximum absolute atomic E-state index is 11.7. The van der Waals surface area contributed by atoms with Gasteiger partial charge in [-0.2, -0.15) is 0 Å². The third-order valence-corrected chi connectivity index (χ3v) is 2.71. The number of carbonyl (C=O) groups is 3. The van der Waals surface area contributed by atoms with Gasteiger partial charge in [-0.05, 0) is 6.92 Å². The van der Waals surface area contributed by atoms with Crippen molar-refractivity contribution in [3.05, 3.63) is 0 Å². The van der Waals surface area contributed by atoms with Gasteiger partial charge in [-0.1, -0.05) is 0 Å². The molecule has 8 nitrogen and oxygen atoms in total. The van der Waals surface area contributed by atoms with Crippen LogP contribution in [0.4, 0.5) is 4.79 Å². The summed E-state index contributed by atoms with van der Waals surface area (Å²) in [7, 11) is 0. The molecule has 1 saturated heterocycles. The van der Waals surface area contributed by atoms with Crippen LogP contribution in [0.25, 0.3) is 0 Å². The summed E-state index contributed by atoms with van der Waals surface area (Å²) in [5.41, 5.74) is 0. The molecule has 3 amide bonds. The molecule has 8 heteroatoms. The number of carboxylic acids is 1. The number of rotatable bonds is 5. The van der Waals surface area contributed by atoms with Crippen molar-refractivity contribution in [2.45, 2.75) is 19.4 Å². The Balaban J connectivity index is 2.17. The molecule has 1 aliphatic rings. The highest BCUT2D eigenvalue weighted by Crippen LogP contribution is 1.99. The molecule has 108 valence electrons. The van der Waals surface area contributed by atoms with Crippen molar-refractivity contribution in [1.82, 2.24) is 15.5 Å². The molecule has 19 heavy (non-hydrogen) atoms. The molecule has 3 N–H and O–H groups in total. The standard InChI is InChI=1S/C11H19N3O5/c1-8(10(16)17)13-11(18)12-3-2-9(15)14-4-6-19-7-5-14/h8H,2-7H2,1H3,(H,16,17)(H2,12,13,18)/t8-/m1/s1. The summed E-state index contributed by atoms with van der Waals surface area (Å²) >= 11 is 0. The lowest BCUT2D eigenvalue weighted by atomic mass is 10.3. The number of hydrogen-bond acceptors (Lipinski definition) is 4. The van der Waals surface area contributed by atoms with Gasteiger partial charge >= 0.3 is 12.0 Å². The van der Waals surface area contributed by atoms with E-state index < -0.39 is 18.0 Å².